The number of rotatable bonds is 10. The Balaban J connectivity index is 1.61. The number of nitrogens with zero attached hydrogens (tertiary/aromatic N) is 2. The minimum absolute atomic E-state index is 0.0870. The van der Waals surface area contributed by atoms with E-state index in [9.17, 15) is 14.7 Å². The molecule has 0 spiro atoms. The molecule has 2 aliphatic heterocycles. The van der Waals surface area contributed by atoms with Crippen molar-refractivity contribution in [3.05, 3.63) is 95.8 Å². The summed E-state index contributed by atoms with van der Waals surface area (Å²) in [6, 6.07) is 16.0. The summed E-state index contributed by atoms with van der Waals surface area (Å²) in [5.41, 5.74) is 1.67. The van der Waals surface area contributed by atoms with Gasteiger partial charge < -0.3 is 19.5 Å². The summed E-state index contributed by atoms with van der Waals surface area (Å²) in [5, 5.41) is 10.8. The van der Waals surface area contributed by atoms with Gasteiger partial charge in [-0.2, -0.15) is 0 Å². The largest absolute Gasteiger partial charge is 0.503 e. The predicted octanol–water partition coefficient (Wildman–Crippen LogP) is 3.56. The topological polar surface area (TPSA) is 79.3 Å². The lowest BCUT2D eigenvalue weighted by Crippen LogP contribution is -2.43. The maximum absolute atomic E-state index is 13.3. The fourth-order valence-corrected chi connectivity index (χ4v) is 4.28. The highest BCUT2D eigenvalue weighted by Gasteiger charge is 2.42. The maximum Gasteiger partial charge on any atom is 0.290 e. The zero-order valence-electron chi connectivity index (χ0n) is 19.6. The van der Waals surface area contributed by atoms with E-state index >= 15 is 0 Å². The molecule has 1 amide bonds. The van der Waals surface area contributed by atoms with Crippen molar-refractivity contribution in [1.82, 2.24) is 9.80 Å². The first-order valence-electron chi connectivity index (χ1n) is 11.7. The first-order chi connectivity index (χ1) is 17.1. The number of aliphatic hydroxyl groups is 1. The van der Waals surface area contributed by atoms with Crippen LogP contribution in [-0.4, -0.2) is 72.6 Å². The first kappa shape index (κ1) is 24.4. The van der Waals surface area contributed by atoms with Gasteiger partial charge in [0.05, 0.1) is 24.8 Å². The Morgan fingerprint density at radius 2 is 1.80 bits per heavy atom. The van der Waals surface area contributed by atoms with E-state index < -0.39 is 23.5 Å². The summed E-state index contributed by atoms with van der Waals surface area (Å²) in [6.45, 7) is 7.91. The molecule has 7 nitrogen and oxygen atoms in total. The van der Waals surface area contributed by atoms with Crippen LogP contribution in [0.25, 0.3) is 6.08 Å². The molecule has 182 valence electrons. The van der Waals surface area contributed by atoms with Crippen LogP contribution in [0.1, 0.15) is 17.2 Å². The molecule has 1 saturated heterocycles. The molecule has 1 unspecified atom stereocenters. The average Bonchev–Trinajstić information content (AvgIpc) is 3.16. The number of hydrogen-bond donors (Lipinski definition) is 1. The molecule has 2 aromatic rings. The monoisotopic (exact) mass is 474 g/mol. The van der Waals surface area contributed by atoms with Gasteiger partial charge in [-0.25, -0.2) is 0 Å². The number of carbonyl (C=O) groups is 2. The molecular formula is C28H30N2O5. The quantitative estimate of drug-likeness (QED) is 0.419. The van der Waals surface area contributed by atoms with Crippen molar-refractivity contribution < 1.29 is 24.2 Å². The van der Waals surface area contributed by atoms with Gasteiger partial charge >= 0.3 is 0 Å². The van der Waals surface area contributed by atoms with Crippen molar-refractivity contribution in [2.24, 2.45) is 0 Å². The van der Waals surface area contributed by atoms with Crippen LogP contribution in [0.15, 0.2) is 84.7 Å². The van der Waals surface area contributed by atoms with E-state index in [1.165, 1.54) is 6.08 Å². The van der Waals surface area contributed by atoms with Gasteiger partial charge in [0.1, 0.15) is 12.4 Å². The van der Waals surface area contributed by atoms with Gasteiger partial charge in [-0.05, 0) is 29.3 Å². The van der Waals surface area contributed by atoms with Crippen molar-refractivity contribution in [3.8, 4) is 5.75 Å². The number of aliphatic hydroxyl groups excluding tert-OH is 1. The molecule has 0 saturated carbocycles. The van der Waals surface area contributed by atoms with E-state index in [0.29, 0.717) is 38.7 Å². The molecule has 0 aliphatic carbocycles. The third-order valence-electron chi connectivity index (χ3n) is 6.12. The highest BCUT2D eigenvalue weighted by Crippen LogP contribution is 2.38. The van der Waals surface area contributed by atoms with E-state index in [0.717, 1.165) is 24.2 Å². The van der Waals surface area contributed by atoms with Crippen LogP contribution in [0.2, 0.25) is 0 Å². The van der Waals surface area contributed by atoms with E-state index in [2.05, 4.69) is 11.5 Å². The van der Waals surface area contributed by atoms with Crippen molar-refractivity contribution in [3.63, 3.8) is 0 Å². The van der Waals surface area contributed by atoms with Crippen LogP contribution in [0, 0.1) is 0 Å². The van der Waals surface area contributed by atoms with Gasteiger partial charge in [0.2, 0.25) is 0 Å². The summed E-state index contributed by atoms with van der Waals surface area (Å²) < 4.78 is 11.0. The second-order valence-corrected chi connectivity index (χ2v) is 8.39. The molecule has 4 rings (SSSR count). The molecule has 2 aromatic carbocycles. The van der Waals surface area contributed by atoms with E-state index in [-0.39, 0.29) is 5.57 Å². The predicted molar refractivity (Wildman–Crippen MR) is 134 cm³/mol. The number of hydrogen-bond acceptors (Lipinski definition) is 6. The van der Waals surface area contributed by atoms with E-state index in [1.807, 2.05) is 42.5 Å². The molecule has 1 atom stereocenters. The van der Waals surface area contributed by atoms with Crippen molar-refractivity contribution in [2.75, 3.05) is 46.0 Å². The fraction of sp³-hybridized carbons (Fsp3) is 0.286. The van der Waals surface area contributed by atoms with Crippen molar-refractivity contribution >= 4 is 17.8 Å². The number of ketones is 1. The lowest BCUT2D eigenvalue weighted by molar-refractivity contribution is -0.129. The normalized spacial score (nSPS) is 18.9. The van der Waals surface area contributed by atoms with Gasteiger partial charge in [0.15, 0.2) is 11.5 Å². The summed E-state index contributed by atoms with van der Waals surface area (Å²) in [7, 11) is 0. The molecule has 0 bridgehead atoms. The number of ether oxygens (including phenoxy) is 2. The summed E-state index contributed by atoms with van der Waals surface area (Å²) in [4.78, 5) is 30.2. The maximum atomic E-state index is 13.3. The Bertz CT molecular complexity index is 1100. The number of carbonyl (C=O) groups excluding carboxylic acids is 2. The number of allylic oxidation sites excluding steroid dienone is 1. The number of benzene rings is 2. The van der Waals surface area contributed by atoms with E-state index in [4.69, 9.17) is 9.47 Å². The fourth-order valence-electron chi connectivity index (χ4n) is 4.28. The van der Waals surface area contributed by atoms with Gasteiger partial charge in [0.25, 0.3) is 5.91 Å². The van der Waals surface area contributed by atoms with Crippen LogP contribution < -0.4 is 4.74 Å². The Hall–Kier alpha value is -3.68. The van der Waals surface area contributed by atoms with Crippen LogP contribution in [0.3, 0.4) is 0 Å². The third-order valence-corrected chi connectivity index (χ3v) is 6.12. The molecule has 0 aromatic heterocycles. The molecule has 7 heteroatoms. The average molecular weight is 475 g/mol. The summed E-state index contributed by atoms with van der Waals surface area (Å²) in [5.74, 6) is -0.771. The van der Waals surface area contributed by atoms with E-state index in [1.54, 1.807) is 29.2 Å². The molecule has 1 fully saturated rings. The number of amides is 1. The van der Waals surface area contributed by atoms with Gasteiger partial charge in [-0.1, -0.05) is 61.2 Å². The number of morpholine rings is 1. The van der Waals surface area contributed by atoms with Gasteiger partial charge in [0, 0.05) is 26.2 Å². The second kappa shape index (κ2) is 11.6. The smallest absolute Gasteiger partial charge is 0.290 e. The molecule has 2 heterocycles. The minimum atomic E-state index is -0.690. The van der Waals surface area contributed by atoms with Crippen LogP contribution in [0.5, 0.6) is 5.75 Å². The third kappa shape index (κ3) is 5.88. The highest BCUT2D eigenvalue weighted by atomic mass is 16.5. The molecule has 0 radical (unpaired) electrons. The molecule has 35 heavy (non-hydrogen) atoms. The highest BCUT2D eigenvalue weighted by molar-refractivity contribution is 6.14. The molecule has 2 aliphatic rings. The lowest BCUT2D eigenvalue weighted by atomic mass is 9.95. The van der Waals surface area contributed by atoms with Crippen LogP contribution in [0.4, 0.5) is 0 Å². The first-order valence-corrected chi connectivity index (χ1v) is 11.7. The Kier molecular flexibility index (Phi) is 8.13. The zero-order chi connectivity index (χ0) is 24.6. The summed E-state index contributed by atoms with van der Waals surface area (Å²) in [6.07, 6.45) is 4.76. The Morgan fingerprint density at radius 1 is 1.09 bits per heavy atom. The molecular weight excluding hydrogens is 444 g/mol. The van der Waals surface area contributed by atoms with Crippen molar-refractivity contribution in [1.29, 1.82) is 0 Å². The van der Waals surface area contributed by atoms with Crippen molar-refractivity contribution in [2.45, 2.75) is 6.04 Å². The van der Waals surface area contributed by atoms with Crippen LogP contribution in [-0.2, 0) is 14.3 Å². The standard InChI is InChI=1S/C28H30N2O5/c1-2-18-35-23-11-9-22(10-12-23)26-25(24(31)13-8-21-6-4-3-5-7-21)27(32)28(33)30(26)15-14-29-16-19-34-20-17-29/h2-13,26,32H,1,14-20H2. The molecule has 1 N–H and O–H groups in total. The second-order valence-electron chi connectivity index (χ2n) is 8.39. The Labute approximate surface area is 205 Å². The van der Waals surface area contributed by atoms with Crippen LogP contribution >= 0.6 is 0 Å². The van der Waals surface area contributed by atoms with Gasteiger partial charge in [-0.15, -0.1) is 0 Å². The van der Waals surface area contributed by atoms with Gasteiger partial charge in [-0.3, -0.25) is 14.5 Å². The lowest BCUT2D eigenvalue weighted by Gasteiger charge is -2.31. The zero-order valence-corrected chi connectivity index (χ0v) is 19.6. The SMILES string of the molecule is C=CCOc1ccc(C2C(C(=O)C=Cc3ccccc3)=C(O)C(=O)N2CCN2CCOCC2)cc1. The minimum Gasteiger partial charge on any atom is -0.503 e. The Morgan fingerprint density at radius 3 is 2.49 bits per heavy atom. The summed E-state index contributed by atoms with van der Waals surface area (Å²) >= 11 is 0.